The Morgan fingerprint density at radius 1 is 1.32 bits per heavy atom. The molecule has 0 aliphatic carbocycles. The Bertz CT molecular complexity index is 781. The predicted octanol–water partition coefficient (Wildman–Crippen LogP) is 4.07. The number of rotatable bonds is 7. The normalized spacial score (nSPS) is 20.5. The van der Waals surface area contributed by atoms with E-state index in [2.05, 4.69) is 60.4 Å². The number of hydrogen-bond donors (Lipinski definition) is 1. The van der Waals surface area contributed by atoms with Crippen molar-refractivity contribution < 1.29 is 9.32 Å². The van der Waals surface area contributed by atoms with Crippen molar-refractivity contribution in [3.8, 4) is 11.3 Å². The highest BCUT2D eigenvalue weighted by molar-refractivity contribution is 5.83. The second kappa shape index (κ2) is 8.91. The topological polar surface area (TPSA) is 58.4 Å². The average Bonchev–Trinajstić information content (AvgIpc) is 3.10. The van der Waals surface area contributed by atoms with Crippen LogP contribution in [0.5, 0.6) is 0 Å². The summed E-state index contributed by atoms with van der Waals surface area (Å²) in [6, 6.07) is 10.3. The zero-order chi connectivity index (χ0) is 20.1. The Kier molecular flexibility index (Phi) is 6.55. The van der Waals surface area contributed by atoms with Crippen molar-refractivity contribution in [1.82, 2.24) is 15.4 Å². The molecular weight excluding hydrogens is 350 g/mol. The first kappa shape index (κ1) is 20.6. The van der Waals surface area contributed by atoms with Crippen molar-refractivity contribution in [3.05, 3.63) is 41.7 Å². The second-order valence-corrected chi connectivity index (χ2v) is 8.59. The maximum Gasteiger partial charge on any atom is 0.227 e. The molecule has 152 valence electrons. The molecule has 0 saturated carbocycles. The molecule has 0 bridgehead atoms. The van der Waals surface area contributed by atoms with Crippen LogP contribution >= 0.6 is 0 Å². The SMILES string of the molecule is CCNC(=O)[C@]1(Cc2cc(-c3ccc(C)cc3)no2)CCCN(CC(C)C)C1. The zero-order valence-electron chi connectivity index (χ0n) is 17.6. The van der Waals surface area contributed by atoms with Crippen LogP contribution in [0, 0.1) is 18.3 Å². The maximum absolute atomic E-state index is 13.1. The van der Waals surface area contributed by atoms with Gasteiger partial charge in [-0.25, -0.2) is 0 Å². The minimum atomic E-state index is -0.451. The van der Waals surface area contributed by atoms with Gasteiger partial charge in [0.15, 0.2) is 0 Å². The van der Waals surface area contributed by atoms with E-state index < -0.39 is 5.41 Å². The van der Waals surface area contributed by atoms with Crippen molar-refractivity contribution in [1.29, 1.82) is 0 Å². The number of likely N-dealkylation sites (tertiary alicyclic amines) is 1. The largest absolute Gasteiger partial charge is 0.361 e. The first-order valence-electron chi connectivity index (χ1n) is 10.4. The van der Waals surface area contributed by atoms with Crippen LogP contribution in [0.3, 0.4) is 0 Å². The molecule has 1 aliphatic rings. The van der Waals surface area contributed by atoms with E-state index in [9.17, 15) is 4.79 Å². The fourth-order valence-electron chi connectivity index (χ4n) is 4.25. The van der Waals surface area contributed by atoms with Crippen molar-refractivity contribution in [2.45, 2.75) is 47.0 Å². The lowest BCUT2D eigenvalue weighted by atomic mass is 9.75. The number of benzene rings is 1. The molecule has 1 saturated heterocycles. The minimum Gasteiger partial charge on any atom is -0.361 e. The van der Waals surface area contributed by atoms with Crippen LogP contribution in [0.15, 0.2) is 34.9 Å². The van der Waals surface area contributed by atoms with E-state index in [1.54, 1.807) is 0 Å². The van der Waals surface area contributed by atoms with Gasteiger partial charge in [-0.05, 0) is 39.2 Å². The molecule has 1 aromatic carbocycles. The lowest BCUT2D eigenvalue weighted by Gasteiger charge is -2.41. The third-order valence-corrected chi connectivity index (χ3v) is 5.52. The highest BCUT2D eigenvalue weighted by atomic mass is 16.5. The smallest absolute Gasteiger partial charge is 0.227 e. The van der Waals surface area contributed by atoms with Gasteiger partial charge in [0.25, 0.3) is 0 Å². The summed E-state index contributed by atoms with van der Waals surface area (Å²) in [4.78, 5) is 15.5. The third-order valence-electron chi connectivity index (χ3n) is 5.52. The van der Waals surface area contributed by atoms with Crippen molar-refractivity contribution in [3.63, 3.8) is 0 Å². The van der Waals surface area contributed by atoms with E-state index in [0.717, 1.165) is 49.5 Å². The van der Waals surface area contributed by atoms with Crippen LogP contribution < -0.4 is 5.32 Å². The van der Waals surface area contributed by atoms with Gasteiger partial charge in [-0.15, -0.1) is 0 Å². The molecule has 2 heterocycles. The van der Waals surface area contributed by atoms with Crippen LogP contribution in [-0.2, 0) is 11.2 Å². The third kappa shape index (κ3) is 4.82. The Hall–Kier alpha value is -2.14. The number of carbonyl (C=O) groups is 1. The predicted molar refractivity (Wildman–Crippen MR) is 112 cm³/mol. The summed E-state index contributed by atoms with van der Waals surface area (Å²) in [5.41, 5.74) is 2.64. The number of aryl methyl sites for hydroxylation is 1. The molecule has 5 nitrogen and oxygen atoms in total. The van der Waals surface area contributed by atoms with E-state index in [-0.39, 0.29) is 5.91 Å². The molecule has 0 unspecified atom stereocenters. The summed E-state index contributed by atoms with van der Waals surface area (Å²) in [6.07, 6.45) is 2.50. The summed E-state index contributed by atoms with van der Waals surface area (Å²) in [5.74, 6) is 1.51. The van der Waals surface area contributed by atoms with Gasteiger partial charge in [-0.3, -0.25) is 4.79 Å². The average molecular weight is 384 g/mol. The molecule has 3 rings (SSSR count). The standard InChI is InChI=1S/C23H33N3O2/c1-5-24-22(27)23(11-6-12-26(16-23)15-17(2)3)14-20-13-21(25-28-20)19-9-7-18(4)8-10-19/h7-10,13,17H,5-6,11-12,14-16H2,1-4H3,(H,24,27)/t23-/m0/s1. The Morgan fingerprint density at radius 2 is 2.07 bits per heavy atom. The van der Waals surface area contributed by atoms with Crippen LogP contribution in [0.1, 0.15) is 44.9 Å². The summed E-state index contributed by atoms with van der Waals surface area (Å²) in [7, 11) is 0. The monoisotopic (exact) mass is 383 g/mol. The quantitative estimate of drug-likeness (QED) is 0.783. The van der Waals surface area contributed by atoms with Crippen LogP contribution in [0.2, 0.25) is 0 Å². The van der Waals surface area contributed by atoms with Gasteiger partial charge in [0.2, 0.25) is 5.91 Å². The van der Waals surface area contributed by atoms with Gasteiger partial charge in [0.1, 0.15) is 11.5 Å². The maximum atomic E-state index is 13.1. The molecule has 0 radical (unpaired) electrons. The van der Waals surface area contributed by atoms with E-state index in [0.29, 0.717) is 18.9 Å². The number of nitrogens with one attached hydrogen (secondary N) is 1. The second-order valence-electron chi connectivity index (χ2n) is 8.59. The summed E-state index contributed by atoms with van der Waals surface area (Å²) < 4.78 is 5.67. The lowest BCUT2D eigenvalue weighted by Crippen LogP contribution is -2.53. The van der Waals surface area contributed by atoms with E-state index in [1.165, 1.54) is 5.56 Å². The Balaban J connectivity index is 1.82. The number of nitrogens with zero attached hydrogens (tertiary/aromatic N) is 2. The highest BCUT2D eigenvalue weighted by Gasteiger charge is 2.43. The Labute approximate surface area is 168 Å². The number of hydrogen-bond acceptors (Lipinski definition) is 4. The molecule has 1 amide bonds. The molecule has 1 atom stereocenters. The van der Waals surface area contributed by atoms with Crippen LogP contribution in [0.25, 0.3) is 11.3 Å². The lowest BCUT2D eigenvalue weighted by molar-refractivity contribution is -0.134. The van der Waals surface area contributed by atoms with Gasteiger partial charge in [-0.2, -0.15) is 0 Å². The number of amides is 1. The molecular formula is C23H33N3O2. The summed E-state index contributed by atoms with van der Waals surface area (Å²) in [6.45, 7) is 12.0. The van der Waals surface area contributed by atoms with Crippen LogP contribution in [0.4, 0.5) is 0 Å². The van der Waals surface area contributed by atoms with Gasteiger partial charge in [0, 0.05) is 37.7 Å². The Morgan fingerprint density at radius 3 is 2.75 bits per heavy atom. The number of aromatic nitrogens is 1. The van der Waals surface area contributed by atoms with Gasteiger partial charge in [-0.1, -0.05) is 48.8 Å². The first-order chi connectivity index (χ1) is 13.4. The molecule has 1 N–H and O–H groups in total. The number of piperidine rings is 1. The molecule has 2 aromatic rings. The van der Waals surface area contributed by atoms with Gasteiger partial charge >= 0.3 is 0 Å². The number of carbonyl (C=O) groups excluding carboxylic acids is 1. The highest BCUT2D eigenvalue weighted by Crippen LogP contribution is 2.35. The summed E-state index contributed by atoms with van der Waals surface area (Å²) >= 11 is 0. The van der Waals surface area contributed by atoms with Gasteiger partial charge in [0.05, 0.1) is 5.41 Å². The van der Waals surface area contributed by atoms with Gasteiger partial charge < -0.3 is 14.7 Å². The molecule has 0 spiro atoms. The summed E-state index contributed by atoms with van der Waals surface area (Å²) in [5, 5.41) is 7.33. The minimum absolute atomic E-state index is 0.136. The molecule has 5 heteroatoms. The molecule has 1 aliphatic heterocycles. The van der Waals surface area contributed by atoms with Crippen LogP contribution in [-0.4, -0.2) is 42.1 Å². The molecule has 28 heavy (non-hydrogen) atoms. The fourth-order valence-corrected chi connectivity index (χ4v) is 4.25. The molecule has 1 aromatic heterocycles. The van der Waals surface area contributed by atoms with E-state index >= 15 is 0 Å². The fraction of sp³-hybridized carbons (Fsp3) is 0.565. The van der Waals surface area contributed by atoms with Crippen molar-refractivity contribution >= 4 is 5.91 Å². The molecule has 1 fully saturated rings. The van der Waals surface area contributed by atoms with E-state index in [1.807, 2.05) is 13.0 Å². The van der Waals surface area contributed by atoms with Crippen molar-refractivity contribution in [2.75, 3.05) is 26.2 Å². The first-order valence-corrected chi connectivity index (χ1v) is 10.4. The van der Waals surface area contributed by atoms with E-state index in [4.69, 9.17) is 4.52 Å². The van der Waals surface area contributed by atoms with Crippen molar-refractivity contribution in [2.24, 2.45) is 11.3 Å². The zero-order valence-corrected chi connectivity index (χ0v) is 17.6.